The molecule has 0 aromatic heterocycles. The fourth-order valence-corrected chi connectivity index (χ4v) is 2.49. The van der Waals surface area contributed by atoms with Crippen molar-refractivity contribution in [3.05, 3.63) is 12.0 Å². The molecule has 1 saturated carbocycles. The molecule has 1 atom stereocenters. The van der Waals surface area contributed by atoms with Crippen LogP contribution in [0.5, 0.6) is 0 Å². The molecule has 0 radical (unpaired) electrons. The van der Waals surface area contributed by atoms with Crippen LogP contribution in [0.3, 0.4) is 0 Å². The first-order chi connectivity index (χ1) is 7.62. The summed E-state index contributed by atoms with van der Waals surface area (Å²) in [7, 11) is 0. The summed E-state index contributed by atoms with van der Waals surface area (Å²) < 4.78 is 5.69. The summed E-state index contributed by atoms with van der Waals surface area (Å²) in [5, 5.41) is 19.4. The van der Waals surface area contributed by atoms with E-state index >= 15 is 0 Å². The van der Waals surface area contributed by atoms with Crippen molar-refractivity contribution in [1.29, 1.82) is 0 Å². The van der Waals surface area contributed by atoms with Crippen molar-refractivity contribution < 1.29 is 19.9 Å². The maximum Gasteiger partial charge on any atom is 0.224 e. The third-order valence-electron chi connectivity index (χ3n) is 3.22. The molecule has 1 unspecified atom stereocenters. The van der Waals surface area contributed by atoms with Crippen LogP contribution in [-0.4, -0.2) is 29.3 Å². The SMILES string of the molecule is NC1=CC(=[NH+]CC([O-])O)C2(CCCCC2)O1. The van der Waals surface area contributed by atoms with E-state index in [1.54, 1.807) is 6.08 Å². The standard InChI is InChI=1S/C11H17N2O3/c12-9-6-8(13-7-10(14)15)11(16-9)4-2-1-3-5-11/h6,10,14H,1-5,7,12H2/q-1/p+1. The molecule has 2 rings (SSSR count). The molecular formula is C11H18N2O3. The van der Waals surface area contributed by atoms with Gasteiger partial charge in [0.15, 0.2) is 18.0 Å². The molecule has 0 amide bonds. The molecule has 5 heteroatoms. The highest BCUT2D eigenvalue weighted by molar-refractivity contribution is 5.99. The number of hydrogen-bond acceptors (Lipinski definition) is 4. The van der Waals surface area contributed by atoms with Gasteiger partial charge in [-0.15, -0.1) is 0 Å². The Morgan fingerprint density at radius 3 is 2.81 bits per heavy atom. The van der Waals surface area contributed by atoms with E-state index in [4.69, 9.17) is 15.6 Å². The Morgan fingerprint density at radius 2 is 2.19 bits per heavy atom. The number of rotatable bonds is 2. The first kappa shape index (κ1) is 11.4. The Balaban J connectivity index is 2.15. The van der Waals surface area contributed by atoms with Crippen molar-refractivity contribution >= 4 is 5.71 Å². The lowest BCUT2D eigenvalue weighted by atomic mass is 9.82. The summed E-state index contributed by atoms with van der Waals surface area (Å²) in [5.74, 6) is 0.393. The molecule has 16 heavy (non-hydrogen) atoms. The van der Waals surface area contributed by atoms with Crippen LogP contribution in [-0.2, 0) is 4.74 Å². The molecule has 0 aromatic carbocycles. The van der Waals surface area contributed by atoms with Gasteiger partial charge in [0.25, 0.3) is 0 Å². The van der Waals surface area contributed by atoms with Crippen molar-refractivity contribution in [2.45, 2.75) is 44.0 Å². The molecule has 2 aliphatic rings. The summed E-state index contributed by atoms with van der Waals surface area (Å²) in [6.07, 6.45) is 5.38. The first-order valence-corrected chi connectivity index (χ1v) is 5.74. The van der Waals surface area contributed by atoms with Crippen LogP contribution < -0.4 is 15.8 Å². The van der Waals surface area contributed by atoms with E-state index in [2.05, 4.69) is 4.99 Å². The topological polar surface area (TPSA) is 92.5 Å². The van der Waals surface area contributed by atoms with Crippen molar-refractivity contribution in [1.82, 2.24) is 0 Å². The lowest BCUT2D eigenvalue weighted by Gasteiger charge is -2.30. The van der Waals surface area contributed by atoms with Gasteiger partial charge in [-0.2, -0.15) is 0 Å². The predicted molar refractivity (Wildman–Crippen MR) is 56.0 cm³/mol. The Hall–Kier alpha value is -1.07. The highest BCUT2D eigenvalue weighted by Gasteiger charge is 2.46. The van der Waals surface area contributed by atoms with Gasteiger partial charge in [0.1, 0.15) is 0 Å². The first-order valence-electron chi connectivity index (χ1n) is 5.74. The minimum Gasteiger partial charge on any atom is -0.827 e. The maximum absolute atomic E-state index is 10.6. The molecule has 0 aromatic rings. The summed E-state index contributed by atoms with van der Waals surface area (Å²) >= 11 is 0. The van der Waals surface area contributed by atoms with Crippen LogP contribution in [0.15, 0.2) is 12.0 Å². The van der Waals surface area contributed by atoms with Gasteiger partial charge in [-0.3, -0.25) is 0 Å². The number of aliphatic hydroxyl groups excluding tert-OH is 1. The maximum atomic E-state index is 10.6. The highest BCUT2D eigenvalue weighted by atomic mass is 16.5. The Kier molecular flexibility index (Phi) is 3.16. The zero-order valence-electron chi connectivity index (χ0n) is 9.24. The number of aliphatic hydroxyl groups is 1. The molecular weight excluding hydrogens is 208 g/mol. The van der Waals surface area contributed by atoms with Gasteiger partial charge in [-0.1, -0.05) is 6.42 Å². The number of ether oxygens (including phenoxy) is 1. The smallest absolute Gasteiger partial charge is 0.224 e. The molecule has 1 spiro atoms. The Morgan fingerprint density at radius 1 is 1.50 bits per heavy atom. The summed E-state index contributed by atoms with van der Waals surface area (Å²) in [4.78, 5) is 2.94. The molecule has 4 N–H and O–H groups in total. The monoisotopic (exact) mass is 226 g/mol. The van der Waals surface area contributed by atoms with E-state index in [-0.39, 0.29) is 12.1 Å². The molecule has 5 nitrogen and oxygen atoms in total. The van der Waals surface area contributed by atoms with Crippen molar-refractivity contribution in [3.63, 3.8) is 0 Å². The van der Waals surface area contributed by atoms with Crippen molar-refractivity contribution in [3.8, 4) is 0 Å². The Labute approximate surface area is 94.6 Å². The molecule has 90 valence electrons. The van der Waals surface area contributed by atoms with E-state index in [1.165, 1.54) is 6.42 Å². The van der Waals surface area contributed by atoms with Crippen LogP contribution in [0.1, 0.15) is 32.1 Å². The van der Waals surface area contributed by atoms with E-state index in [1.807, 2.05) is 0 Å². The Bertz CT molecular complexity index is 317. The van der Waals surface area contributed by atoms with E-state index in [0.717, 1.165) is 31.4 Å². The summed E-state index contributed by atoms with van der Waals surface area (Å²) in [6, 6.07) is 0. The van der Waals surface area contributed by atoms with Gasteiger partial charge in [0.2, 0.25) is 5.71 Å². The second-order valence-electron chi connectivity index (χ2n) is 4.45. The number of nitrogens with two attached hydrogens (primary N) is 1. The fourth-order valence-electron chi connectivity index (χ4n) is 2.49. The van der Waals surface area contributed by atoms with Gasteiger partial charge in [-0.05, 0) is 25.7 Å². The summed E-state index contributed by atoms with van der Waals surface area (Å²) in [5.41, 5.74) is 6.16. The number of hydrogen-bond donors (Lipinski definition) is 3. The molecule has 0 saturated heterocycles. The largest absolute Gasteiger partial charge is 0.827 e. The lowest BCUT2D eigenvalue weighted by molar-refractivity contribution is -0.572. The van der Waals surface area contributed by atoms with E-state index in [9.17, 15) is 5.11 Å². The third kappa shape index (κ3) is 2.20. The van der Waals surface area contributed by atoms with Gasteiger partial charge in [-0.25, -0.2) is 4.99 Å². The molecule has 1 fully saturated rings. The van der Waals surface area contributed by atoms with Crippen LogP contribution >= 0.6 is 0 Å². The zero-order chi connectivity index (χ0) is 11.6. The van der Waals surface area contributed by atoms with Crippen LogP contribution in [0, 0.1) is 0 Å². The van der Waals surface area contributed by atoms with Gasteiger partial charge in [0.05, 0.1) is 6.08 Å². The van der Waals surface area contributed by atoms with Gasteiger partial charge < -0.3 is 20.7 Å². The fraction of sp³-hybridized carbons (Fsp3) is 0.727. The minimum atomic E-state index is -1.61. The minimum absolute atomic E-state index is 0.00970. The second kappa shape index (κ2) is 4.43. The lowest BCUT2D eigenvalue weighted by Crippen LogP contribution is -2.80. The normalized spacial score (nSPS) is 27.9. The highest BCUT2D eigenvalue weighted by Crippen LogP contribution is 2.36. The van der Waals surface area contributed by atoms with E-state index < -0.39 is 6.29 Å². The quantitative estimate of drug-likeness (QED) is 0.463. The average Bonchev–Trinajstić information content (AvgIpc) is 2.53. The second-order valence-corrected chi connectivity index (χ2v) is 4.45. The third-order valence-corrected chi connectivity index (χ3v) is 3.22. The molecule has 1 heterocycles. The van der Waals surface area contributed by atoms with Gasteiger partial charge in [0, 0.05) is 6.29 Å². The summed E-state index contributed by atoms with van der Waals surface area (Å²) in [6.45, 7) is -0.00970. The van der Waals surface area contributed by atoms with Crippen LogP contribution in [0.4, 0.5) is 0 Å². The van der Waals surface area contributed by atoms with Crippen molar-refractivity contribution in [2.24, 2.45) is 5.73 Å². The zero-order valence-corrected chi connectivity index (χ0v) is 9.24. The molecule has 0 bridgehead atoms. The molecule has 1 aliphatic heterocycles. The van der Waals surface area contributed by atoms with Crippen molar-refractivity contribution in [2.75, 3.05) is 6.54 Å². The van der Waals surface area contributed by atoms with E-state index in [0.29, 0.717) is 5.88 Å². The van der Waals surface area contributed by atoms with Crippen LogP contribution in [0.2, 0.25) is 0 Å². The predicted octanol–water partition coefficient (Wildman–Crippen LogP) is -2.28. The van der Waals surface area contributed by atoms with Gasteiger partial charge >= 0.3 is 0 Å². The number of nitrogens with one attached hydrogen (secondary N) is 1. The molecule has 1 aliphatic carbocycles. The average molecular weight is 226 g/mol. The van der Waals surface area contributed by atoms with Crippen LogP contribution in [0.25, 0.3) is 0 Å².